The molecule has 0 bridgehead atoms. The van der Waals surface area contributed by atoms with E-state index in [1.165, 1.54) is 0 Å². The number of rotatable bonds is 10. The van der Waals surface area contributed by atoms with E-state index in [2.05, 4.69) is 93.6 Å². The van der Waals surface area contributed by atoms with Crippen molar-refractivity contribution in [1.29, 1.82) is 0 Å². The van der Waals surface area contributed by atoms with Gasteiger partial charge in [0.1, 0.15) is 11.9 Å². The second-order valence-electron chi connectivity index (χ2n) is 9.65. The molecule has 0 aliphatic rings. The van der Waals surface area contributed by atoms with Crippen LogP contribution in [0.15, 0.2) is 97.3 Å². The summed E-state index contributed by atoms with van der Waals surface area (Å²) < 4.78 is 17.0. The summed E-state index contributed by atoms with van der Waals surface area (Å²) >= 11 is 7.14. The number of thiocarbonyl (C=S) groups is 1. The van der Waals surface area contributed by atoms with Gasteiger partial charge in [-0.05, 0) is 54.1 Å². The van der Waals surface area contributed by atoms with E-state index in [-0.39, 0.29) is 10.7 Å². The maximum Gasteiger partial charge on any atom is 0.692 e. The van der Waals surface area contributed by atoms with Crippen molar-refractivity contribution in [1.82, 2.24) is 14.8 Å². The third-order valence-corrected chi connectivity index (χ3v) is 9.12. The average Bonchev–Trinajstić information content (AvgIpc) is 3.47. The lowest BCUT2D eigenvalue weighted by Gasteiger charge is -2.36. The van der Waals surface area contributed by atoms with Gasteiger partial charge in [0.15, 0.2) is 5.82 Å². The summed E-state index contributed by atoms with van der Waals surface area (Å²) in [5.74, 6) is 0.769. The minimum absolute atomic E-state index is 0.0391. The van der Waals surface area contributed by atoms with Gasteiger partial charge in [-0.2, -0.15) is 5.10 Å². The zero-order valence-electron chi connectivity index (χ0n) is 23.8. The molecule has 2 N–H and O–H groups in total. The maximum absolute atomic E-state index is 8.70. The molecule has 0 amide bonds. The fraction of sp³-hybridized carbons (Fsp3) is 0.323. The average molecular weight is 611 g/mol. The smallest absolute Gasteiger partial charge is 0.479 e. The molecular weight excluding hydrogens is 573 g/mol. The zero-order valence-corrected chi connectivity index (χ0v) is 26.3. The lowest BCUT2D eigenvalue weighted by atomic mass is 9.77. The quantitative estimate of drug-likeness (QED) is 0.107. The second-order valence-corrected chi connectivity index (χ2v) is 11.9. The molecule has 0 aliphatic carbocycles. The molecule has 7 nitrogen and oxygen atoms in total. The Morgan fingerprint density at radius 1 is 0.902 bits per heavy atom. The third-order valence-electron chi connectivity index (χ3n) is 7.39. The first kappa shape index (κ1) is 32.6. The predicted molar refractivity (Wildman–Crippen MR) is 170 cm³/mol. The highest BCUT2D eigenvalue weighted by Gasteiger charge is 2.42. The van der Waals surface area contributed by atoms with Crippen LogP contribution in [0.1, 0.15) is 68.3 Å². The van der Waals surface area contributed by atoms with Crippen LogP contribution in [0.2, 0.25) is 0 Å². The standard InChI is InChI=1S/C31H35N3OS2.HO3P/c1-5-30(4,6-2)27(37-29(36)35-7-3)28-32-23-34(33-28)31(24-17-11-8-12-18-24,25-19-13-9-14-20-25)26-21-15-10-16-22-26;1-4(2)3/h8-23,27H,5-7H2,1-4H3;(H-,1,2,3)/p+1. The van der Waals surface area contributed by atoms with Gasteiger partial charge >= 0.3 is 8.25 Å². The normalized spacial score (nSPS) is 12.1. The van der Waals surface area contributed by atoms with Crippen LogP contribution in [0.5, 0.6) is 0 Å². The topological polar surface area (TPSA) is 97.5 Å². The number of benzene rings is 3. The Morgan fingerprint density at radius 2 is 1.32 bits per heavy atom. The van der Waals surface area contributed by atoms with Gasteiger partial charge in [-0.1, -0.05) is 124 Å². The second kappa shape index (κ2) is 15.3. The Morgan fingerprint density at radius 3 is 1.68 bits per heavy atom. The fourth-order valence-corrected chi connectivity index (χ4v) is 6.48. The molecule has 216 valence electrons. The monoisotopic (exact) mass is 610 g/mol. The van der Waals surface area contributed by atoms with Crippen molar-refractivity contribution in [3.8, 4) is 0 Å². The number of ether oxygens (including phenoxy) is 1. The number of hydrogen-bond acceptors (Lipinski definition) is 6. The molecule has 10 heteroatoms. The van der Waals surface area contributed by atoms with Crippen LogP contribution >= 0.6 is 32.2 Å². The summed E-state index contributed by atoms with van der Waals surface area (Å²) in [6, 6.07) is 31.6. The van der Waals surface area contributed by atoms with Crippen LogP contribution < -0.4 is 0 Å². The van der Waals surface area contributed by atoms with Crippen LogP contribution in [0, 0.1) is 5.41 Å². The predicted octanol–water partition coefficient (Wildman–Crippen LogP) is 7.67. The van der Waals surface area contributed by atoms with Gasteiger partial charge in [0.25, 0.3) is 0 Å². The van der Waals surface area contributed by atoms with Crippen molar-refractivity contribution in [2.45, 2.75) is 51.3 Å². The Labute approximate surface area is 253 Å². The molecule has 1 atom stereocenters. The lowest BCUT2D eigenvalue weighted by Crippen LogP contribution is -2.38. The van der Waals surface area contributed by atoms with Crippen molar-refractivity contribution in [2.24, 2.45) is 5.41 Å². The van der Waals surface area contributed by atoms with E-state index in [9.17, 15) is 0 Å². The molecule has 41 heavy (non-hydrogen) atoms. The molecule has 0 saturated carbocycles. The molecule has 1 heterocycles. The Bertz CT molecular complexity index is 1280. The van der Waals surface area contributed by atoms with Crippen LogP contribution in [0.25, 0.3) is 0 Å². The molecule has 3 aromatic carbocycles. The molecule has 4 rings (SSSR count). The molecule has 1 unspecified atom stereocenters. The van der Waals surface area contributed by atoms with Crippen LogP contribution in [0.4, 0.5) is 0 Å². The summed E-state index contributed by atoms with van der Waals surface area (Å²) in [4.78, 5) is 19.2. The number of nitrogens with zero attached hydrogens (tertiary/aromatic N) is 3. The highest BCUT2D eigenvalue weighted by molar-refractivity contribution is 8.22. The molecular formula is C31H37N3O4PS2+. The molecule has 0 radical (unpaired) electrons. The molecule has 0 saturated heterocycles. The van der Waals surface area contributed by atoms with Gasteiger partial charge < -0.3 is 4.74 Å². The van der Waals surface area contributed by atoms with Crippen molar-refractivity contribution >= 4 is 36.6 Å². The first-order valence-electron chi connectivity index (χ1n) is 13.5. The maximum atomic E-state index is 8.70. The molecule has 0 aliphatic heterocycles. The Kier molecular flexibility index (Phi) is 12.2. The van der Waals surface area contributed by atoms with Gasteiger partial charge in [0.2, 0.25) is 4.38 Å². The SMILES string of the molecule is CCOC(=S)SC(c1ncn(C(c2ccccc2)(c2ccccc2)c2ccccc2)n1)C(C)(CC)CC.O=[P+](O)O. The van der Waals surface area contributed by atoms with Crippen LogP contribution in [-0.4, -0.2) is 35.5 Å². The van der Waals surface area contributed by atoms with Crippen molar-refractivity contribution < 1.29 is 19.1 Å². The van der Waals surface area contributed by atoms with E-state index in [1.807, 2.05) is 36.1 Å². The zero-order chi connectivity index (χ0) is 29.9. The summed E-state index contributed by atoms with van der Waals surface area (Å²) in [5, 5.41) is 5.22. The largest absolute Gasteiger partial charge is 0.692 e. The highest BCUT2D eigenvalue weighted by atomic mass is 32.2. The minimum atomic E-state index is -2.87. The molecule has 4 aromatic rings. The van der Waals surface area contributed by atoms with Crippen molar-refractivity contribution in [3.63, 3.8) is 0 Å². The van der Waals surface area contributed by atoms with Crippen LogP contribution in [-0.2, 0) is 14.8 Å². The third kappa shape index (κ3) is 7.67. The van der Waals surface area contributed by atoms with Gasteiger partial charge in [-0.15, -0.1) is 9.79 Å². The molecule has 0 fully saturated rings. The van der Waals surface area contributed by atoms with Gasteiger partial charge in [-0.25, -0.2) is 9.67 Å². The van der Waals surface area contributed by atoms with E-state index in [4.69, 9.17) is 41.4 Å². The number of hydrogen-bond donors (Lipinski definition) is 2. The summed E-state index contributed by atoms with van der Waals surface area (Å²) in [5.41, 5.74) is 2.61. The first-order valence-corrected chi connectivity index (χ1v) is 15.9. The van der Waals surface area contributed by atoms with E-state index in [1.54, 1.807) is 11.8 Å². The highest BCUT2D eigenvalue weighted by Crippen LogP contribution is 2.49. The van der Waals surface area contributed by atoms with Gasteiger partial charge in [0.05, 0.1) is 11.9 Å². The number of thioether (sulfide) groups is 1. The van der Waals surface area contributed by atoms with E-state index < -0.39 is 13.8 Å². The van der Waals surface area contributed by atoms with Crippen LogP contribution in [0.3, 0.4) is 0 Å². The van der Waals surface area contributed by atoms with E-state index in [0.717, 1.165) is 35.4 Å². The fourth-order valence-electron chi connectivity index (χ4n) is 4.87. The molecule has 1 aromatic heterocycles. The molecule has 0 spiro atoms. The van der Waals surface area contributed by atoms with E-state index >= 15 is 0 Å². The van der Waals surface area contributed by atoms with Crippen molar-refractivity contribution in [3.05, 3.63) is 120 Å². The summed E-state index contributed by atoms with van der Waals surface area (Å²) in [6.45, 7) is 9.24. The first-order chi connectivity index (χ1) is 19.7. The van der Waals surface area contributed by atoms with Crippen molar-refractivity contribution in [2.75, 3.05) is 6.61 Å². The number of aromatic nitrogens is 3. The summed E-state index contributed by atoms with van der Waals surface area (Å²) in [7, 11) is -2.87. The minimum Gasteiger partial charge on any atom is -0.479 e. The lowest BCUT2D eigenvalue weighted by molar-refractivity contribution is 0.280. The Hall–Kier alpha value is -2.94. The Balaban J connectivity index is 0.00000108. The van der Waals surface area contributed by atoms with Gasteiger partial charge in [0, 0.05) is 4.57 Å². The summed E-state index contributed by atoms with van der Waals surface area (Å²) in [6.07, 6.45) is 3.84. The van der Waals surface area contributed by atoms with E-state index in [0.29, 0.717) is 11.0 Å². The van der Waals surface area contributed by atoms with Gasteiger partial charge in [-0.3, -0.25) is 0 Å².